The maximum Gasteiger partial charge on any atom is 0.287 e. The van der Waals surface area contributed by atoms with E-state index in [-0.39, 0.29) is 24.1 Å². The molecule has 3 amide bonds. The first-order chi connectivity index (χ1) is 15.9. The van der Waals surface area contributed by atoms with E-state index in [2.05, 4.69) is 32.0 Å². The minimum Gasteiger partial charge on any atom is -0.497 e. The fourth-order valence-corrected chi connectivity index (χ4v) is 4.24. The standard InChI is InChI=1S/C22H25ClN6O4/c1-33-14-8-15(23)18-16(9-14)27-19(29-18)22(32)28-17(6-11-2-3-11)21(31)26-13(10-24)7-12-4-5-25-20(12)30/h8-9,11-13,17H,2-7H2,1H3,(H,25,30)(H,26,31)(H,27,29)(H,28,32)/t12-,13-,17-/m0/s1. The van der Waals surface area contributed by atoms with Gasteiger partial charge in [-0.05, 0) is 25.2 Å². The molecule has 0 spiro atoms. The number of ether oxygens (including phenoxy) is 1. The number of carbonyl (C=O) groups excluding carboxylic acids is 3. The zero-order valence-electron chi connectivity index (χ0n) is 18.1. The van der Waals surface area contributed by atoms with Crippen LogP contribution in [-0.4, -0.2) is 53.4 Å². The van der Waals surface area contributed by atoms with E-state index in [9.17, 15) is 19.6 Å². The van der Waals surface area contributed by atoms with E-state index in [0.29, 0.717) is 47.1 Å². The van der Waals surface area contributed by atoms with E-state index >= 15 is 0 Å². The molecule has 1 aromatic carbocycles. The summed E-state index contributed by atoms with van der Waals surface area (Å²) in [5.41, 5.74) is 0.956. The van der Waals surface area contributed by atoms with Gasteiger partial charge in [0.05, 0.1) is 23.7 Å². The SMILES string of the molecule is COc1cc(Cl)c2nc(C(=O)N[C@@H](CC3CC3)C(=O)N[C@H](C#N)C[C@@H]3CCNC3=O)[nH]c2c1. The summed E-state index contributed by atoms with van der Waals surface area (Å²) in [6.07, 6.45) is 3.32. The minimum absolute atomic E-state index is 0.0215. The van der Waals surface area contributed by atoms with Gasteiger partial charge in [-0.2, -0.15) is 5.26 Å². The van der Waals surface area contributed by atoms with Gasteiger partial charge < -0.3 is 25.7 Å². The normalized spacial score (nSPS) is 19.4. The molecule has 0 radical (unpaired) electrons. The van der Waals surface area contributed by atoms with Crippen molar-refractivity contribution in [2.75, 3.05) is 13.7 Å². The lowest BCUT2D eigenvalue weighted by molar-refractivity contribution is -0.125. The molecule has 2 aromatic rings. The van der Waals surface area contributed by atoms with Crippen LogP contribution in [0, 0.1) is 23.2 Å². The van der Waals surface area contributed by atoms with E-state index in [0.717, 1.165) is 12.8 Å². The largest absolute Gasteiger partial charge is 0.497 e. The summed E-state index contributed by atoms with van der Waals surface area (Å²) in [4.78, 5) is 44.9. The minimum atomic E-state index is -0.823. The molecule has 0 unspecified atom stereocenters. The molecule has 33 heavy (non-hydrogen) atoms. The number of aromatic nitrogens is 2. The number of H-pyrrole nitrogens is 1. The van der Waals surface area contributed by atoms with Gasteiger partial charge in [0.2, 0.25) is 11.8 Å². The highest BCUT2D eigenvalue weighted by Crippen LogP contribution is 2.34. The van der Waals surface area contributed by atoms with Gasteiger partial charge in [0.15, 0.2) is 5.82 Å². The molecule has 174 valence electrons. The van der Waals surface area contributed by atoms with E-state index in [4.69, 9.17) is 16.3 Å². The Morgan fingerprint density at radius 2 is 2.09 bits per heavy atom. The number of hydrogen-bond donors (Lipinski definition) is 4. The molecule has 1 aliphatic carbocycles. The molecular formula is C22H25ClN6O4. The predicted molar refractivity (Wildman–Crippen MR) is 120 cm³/mol. The average Bonchev–Trinajstić information content (AvgIpc) is 3.36. The number of nitrogens with zero attached hydrogens (tertiary/aromatic N) is 2. The number of benzene rings is 1. The van der Waals surface area contributed by atoms with Crippen LogP contribution in [0.15, 0.2) is 12.1 Å². The molecule has 10 nitrogen and oxygen atoms in total. The summed E-state index contributed by atoms with van der Waals surface area (Å²) in [6, 6.07) is 3.69. The van der Waals surface area contributed by atoms with Gasteiger partial charge in [-0.15, -0.1) is 0 Å². The first-order valence-electron chi connectivity index (χ1n) is 10.9. The van der Waals surface area contributed by atoms with Crippen LogP contribution >= 0.6 is 11.6 Å². The van der Waals surface area contributed by atoms with Crippen LogP contribution in [0.4, 0.5) is 0 Å². The number of halogens is 1. The number of imidazole rings is 1. The number of rotatable bonds is 9. The third-order valence-corrected chi connectivity index (χ3v) is 6.30. The summed E-state index contributed by atoms with van der Waals surface area (Å²) in [5, 5.41) is 18.0. The lowest BCUT2D eigenvalue weighted by atomic mass is 9.98. The smallest absolute Gasteiger partial charge is 0.287 e. The Hall–Kier alpha value is -3.32. The van der Waals surface area contributed by atoms with Crippen molar-refractivity contribution in [3.63, 3.8) is 0 Å². The molecule has 4 N–H and O–H groups in total. The van der Waals surface area contributed by atoms with Crippen molar-refractivity contribution in [1.82, 2.24) is 25.9 Å². The third kappa shape index (κ3) is 5.37. The Balaban J connectivity index is 1.45. The topological polar surface area (TPSA) is 149 Å². The van der Waals surface area contributed by atoms with Gasteiger partial charge >= 0.3 is 0 Å². The van der Waals surface area contributed by atoms with Crippen LogP contribution in [0.1, 0.15) is 42.7 Å². The highest BCUT2D eigenvalue weighted by Gasteiger charge is 2.33. The van der Waals surface area contributed by atoms with Gasteiger partial charge in [0.25, 0.3) is 5.91 Å². The Morgan fingerprint density at radius 3 is 2.73 bits per heavy atom. The molecule has 1 aliphatic heterocycles. The fraction of sp³-hybridized carbons (Fsp3) is 0.500. The first-order valence-corrected chi connectivity index (χ1v) is 11.3. The van der Waals surface area contributed by atoms with E-state index in [1.807, 2.05) is 0 Å². The van der Waals surface area contributed by atoms with Crippen LogP contribution in [0.25, 0.3) is 11.0 Å². The number of carbonyl (C=O) groups is 3. The van der Waals surface area contributed by atoms with E-state index in [1.165, 1.54) is 7.11 Å². The average molecular weight is 473 g/mol. The highest BCUT2D eigenvalue weighted by atomic mass is 35.5. The molecule has 1 saturated heterocycles. The van der Waals surface area contributed by atoms with Crippen molar-refractivity contribution >= 4 is 40.4 Å². The number of nitrogens with one attached hydrogen (secondary N) is 4. The second-order valence-corrected chi connectivity index (χ2v) is 8.91. The number of amides is 3. The summed E-state index contributed by atoms with van der Waals surface area (Å²) in [6.45, 7) is 0.573. The van der Waals surface area contributed by atoms with Crippen LogP contribution in [0.5, 0.6) is 5.75 Å². The second-order valence-electron chi connectivity index (χ2n) is 8.50. The second kappa shape index (κ2) is 9.67. The van der Waals surface area contributed by atoms with Crippen molar-refractivity contribution in [2.24, 2.45) is 11.8 Å². The highest BCUT2D eigenvalue weighted by molar-refractivity contribution is 6.35. The Bertz CT molecular complexity index is 1120. The quantitative estimate of drug-likeness (QED) is 0.436. The molecule has 2 aliphatic rings. The number of aromatic amines is 1. The van der Waals surface area contributed by atoms with Gasteiger partial charge in [0, 0.05) is 24.6 Å². The Labute approximate surface area is 195 Å². The molecule has 11 heteroatoms. The van der Waals surface area contributed by atoms with Crippen LogP contribution in [0.3, 0.4) is 0 Å². The summed E-state index contributed by atoms with van der Waals surface area (Å²) in [5.74, 6) is -0.518. The maximum atomic E-state index is 13.0. The molecule has 0 bridgehead atoms. The Morgan fingerprint density at radius 1 is 1.30 bits per heavy atom. The predicted octanol–water partition coefficient (Wildman–Crippen LogP) is 1.66. The van der Waals surface area contributed by atoms with Crippen molar-refractivity contribution in [1.29, 1.82) is 5.26 Å². The molecule has 1 aromatic heterocycles. The number of fused-ring (bicyclic) bond motifs is 1. The molecule has 1 saturated carbocycles. The van der Waals surface area contributed by atoms with Crippen LogP contribution in [-0.2, 0) is 9.59 Å². The van der Waals surface area contributed by atoms with Crippen LogP contribution in [0.2, 0.25) is 5.02 Å². The molecule has 2 fully saturated rings. The molecular weight excluding hydrogens is 448 g/mol. The van der Waals surface area contributed by atoms with E-state index < -0.39 is 23.9 Å². The number of hydrogen-bond acceptors (Lipinski definition) is 6. The first kappa shape index (κ1) is 22.9. The van der Waals surface area contributed by atoms with Crippen molar-refractivity contribution < 1.29 is 19.1 Å². The third-order valence-electron chi connectivity index (χ3n) is 6.01. The van der Waals surface area contributed by atoms with Crippen LogP contribution < -0.4 is 20.7 Å². The van der Waals surface area contributed by atoms with Gasteiger partial charge in [-0.25, -0.2) is 4.98 Å². The lowest BCUT2D eigenvalue weighted by Crippen LogP contribution is -2.50. The van der Waals surface area contributed by atoms with Crippen molar-refractivity contribution in [3.8, 4) is 11.8 Å². The monoisotopic (exact) mass is 472 g/mol. The number of nitriles is 1. The molecule has 4 rings (SSSR count). The van der Waals surface area contributed by atoms with Gasteiger partial charge in [-0.1, -0.05) is 24.4 Å². The fourth-order valence-electron chi connectivity index (χ4n) is 3.99. The molecule has 2 heterocycles. The van der Waals surface area contributed by atoms with Crippen molar-refractivity contribution in [2.45, 2.75) is 44.2 Å². The lowest BCUT2D eigenvalue weighted by Gasteiger charge is -2.21. The molecule has 3 atom stereocenters. The summed E-state index contributed by atoms with van der Waals surface area (Å²) in [7, 11) is 1.51. The zero-order valence-corrected chi connectivity index (χ0v) is 18.9. The van der Waals surface area contributed by atoms with Gasteiger partial charge in [-0.3, -0.25) is 14.4 Å². The van der Waals surface area contributed by atoms with Gasteiger partial charge in [0.1, 0.15) is 23.3 Å². The summed E-state index contributed by atoms with van der Waals surface area (Å²) >= 11 is 6.23. The van der Waals surface area contributed by atoms with E-state index in [1.54, 1.807) is 12.1 Å². The summed E-state index contributed by atoms with van der Waals surface area (Å²) < 4.78 is 5.18. The maximum absolute atomic E-state index is 13.0. The number of methoxy groups -OCH3 is 1. The van der Waals surface area contributed by atoms with Crippen molar-refractivity contribution in [3.05, 3.63) is 23.0 Å². The Kier molecular flexibility index (Phi) is 6.70. The zero-order chi connectivity index (χ0) is 23.5.